The molecule has 0 saturated carbocycles. The average Bonchev–Trinajstić information content (AvgIpc) is 2.39. The molecule has 1 aromatic rings. The molecular formula is C11H11ClO4. The van der Waals surface area contributed by atoms with Crippen LogP contribution in [0.25, 0.3) is 0 Å². The highest BCUT2D eigenvalue weighted by atomic mass is 35.5. The molecule has 2 N–H and O–H groups in total. The predicted molar refractivity (Wildman–Crippen MR) is 57.7 cm³/mol. The number of halogens is 1. The molecular weight excluding hydrogens is 232 g/mol. The molecule has 0 aromatic heterocycles. The highest BCUT2D eigenvalue weighted by Crippen LogP contribution is 2.38. The van der Waals surface area contributed by atoms with E-state index in [0.717, 1.165) is 0 Å². The molecule has 0 amide bonds. The standard InChI is InChI=1S/C11H11ClO4/c12-7-2-3-8-9(6-7)16-5-1-4-11(8,15)10(13)14/h2-3,6,15H,1,4-5H2,(H,13,14). The summed E-state index contributed by atoms with van der Waals surface area (Å²) in [5.74, 6) is -0.920. The fourth-order valence-electron chi connectivity index (χ4n) is 1.82. The lowest BCUT2D eigenvalue weighted by molar-refractivity contribution is -0.160. The molecule has 0 fully saturated rings. The van der Waals surface area contributed by atoms with E-state index in [9.17, 15) is 9.90 Å². The van der Waals surface area contributed by atoms with Gasteiger partial charge in [0.2, 0.25) is 0 Å². The van der Waals surface area contributed by atoms with Crippen molar-refractivity contribution in [3.8, 4) is 5.75 Å². The number of carboxylic acids is 1. The number of carboxylic acid groups (broad SMARTS) is 1. The summed E-state index contributed by atoms with van der Waals surface area (Å²) in [6.45, 7) is 0.378. The van der Waals surface area contributed by atoms with Crippen LogP contribution in [0.2, 0.25) is 5.02 Å². The minimum absolute atomic E-state index is 0.136. The van der Waals surface area contributed by atoms with Gasteiger partial charge in [-0.25, -0.2) is 4.79 Å². The third-order valence-electron chi connectivity index (χ3n) is 2.68. The van der Waals surface area contributed by atoms with E-state index in [1.54, 1.807) is 6.07 Å². The van der Waals surface area contributed by atoms with Gasteiger partial charge >= 0.3 is 5.97 Å². The van der Waals surface area contributed by atoms with Crippen molar-refractivity contribution in [2.45, 2.75) is 18.4 Å². The lowest BCUT2D eigenvalue weighted by Gasteiger charge is -2.22. The van der Waals surface area contributed by atoms with Crippen molar-refractivity contribution in [3.63, 3.8) is 0 Å². The Morgan fingerprint density at radius 2 is 2.25 bits per heavy atom. The average molecular weight is 243 g/mol. The number of ether oxygens (including phenoxy) is 1. The van der Waals surface area contributed by atoms with Crippen LogP contribution in [0.1, 0.15) is 18.4 Å². The number of rotatable bonds is 1. The van der Waals surface area contributed by atoms with Crippen LogP contribution in [0.5, 0.6) is 5.75 Å². The van der Waals surface area contributed by atoms with E-state index in [1.807, 2.05) is 0 Å². The van der Waals surface area contributed by atoms with Gasteiger partial charge in [0.15, 0.2) is 5.60 Å². The van der Waals surface area contributed by atoms with Crippen molar-refractivity contribution >= 4 is 17.6 Å². The van der Waals surface area contributed by atoms with Gasteiger partial charge in [-0.15, -0.1) is 0 Å². The molecule has 5 heteroatoms. The Morgan fingerprint density at radius 3 is 2.94 bits per heavy atom. The smallest absolute Gasteiger partial charge is 0.340 e. The Labute approximate surface area is 97.4 Å². The molecule has 0 bridgehead atoms. The van der Waals surface area contributed by atoms with Gasteiger partial charge in [0.05, 0.1) is 6.61 Å². The Balaban J connectivity index is 2.57. The molecule has 0 saturated heterocycles. The molecule has 1 atom stereocenters. The van der Waals surface area contributed by atoms with Gasteiger partial charge in [-0.1, -0.05) is 17.7 Å². The van der Waals surface area contributed by atoms with Crippen LogP contribution in [-0.2, 0) is 10.4 Å². The zero-order chi connectivity index (χ0) is 11.8. The monoisotopic (exact) mass is 242 g/mol. The van der Waals surface area contributed by atoms with Crippen molar-refractivity contribution < 1.29 is 19.7 Å². The number of aliphatic carboxylic acids is 1. The number of benzene rings is 1. The van der Waals surface area contributed by atoms with Crippen LogP contribution in [0.4, 0.5) is 0 Å². The number of fused-ring (bicyclic) bond motifs is 1. The summed E-state index contributed by atoms with van der Waals surface area (Å²) in [4.78, 5) is 11.1. The lowest BCUT2D eigenvalue weighted by atomic mass is 9.89. The number of hydrogen-bond acceptors (Lipinski definition) is 3. The molecule has 0 spiro atoms. The second-order valence-electron chi connectivity index (χ2n) is 3.76. The van der Waals surface area contributed by atoms with E-state index in [-0.39, 0.29) is 12.0 Å². The maximum absolute atomic E-state index is 11.1. The second kappa shape index (κ2) is 3.96. The van der Waals surface area contributed by atoms with Crippen LogP contribution >= 0.6 is 11.6 Å². The van der Waals surface area contributed by atoms with Gasteiger partial charge in [0.25, 0.3) is 0 Å². The minimum Gasteiger partial charge on any atom is -0.493 e. The van der Waals surface area contributed by atoms with Crippen LogP contribution in [-0.4, -0.2) is 22.8 Å². The van der Waals surface area contributed by atoms with Crippen LogP contribution in [0.15, 0.2) is 18.2 Å². The third-order valence-corrected chi connectivity index (χ3v) is 2.92. The van der Waals surface area contributed by atoms with Gasteiger partial charge in [-0.3, -0.25) is 0 Å². The van der Waals surface area contributed by atoms with Crippen molar-refractivity contribution in [2.75, 3.05) is 6.61 Å². The first-order chi connectivity index (χ1) is 7.54. The van der Waals surface area contributed by atoms with Gasteiger partial charge < -0.3 is 14.9 Å². The molecule has 1 aliphatic heterocycles. The molecule has 1 heterocycles. The number of carbonyl (C=O) groups is 1. The Kier molecular flexibility index (Phi) is 2.78. The molecule has 0 radical (unpaired) electrons. The fraction of sp³-hybridized carbons (Fsp3) is 0.364. The van der Waals surface area contributed by atoms with Gasteiger partial charge in [0, 0.05) is 10.6 Å². The highest BCUT2D eigenvalue weighted by Gasteiger charge is 2.41. The normalized spacial score (nSPS) is 24.1. The Morgan fingerprint density at radius 1 is 1.50 bits per heavy atom. The quantitative estimate of drug-likeness (QED) is 0.788. The summed E-state index contributed by atoms with van der Waals surface area (Å²) in [6, 6.07) is 4.57. The molecule has 86 valence electrons. The van der Waals surface area contributed by atoms with Crippen LogP contribution < -0.4 is 4.74 Å². The first kappa shape index (κ1) is 11.2. The molecule has 1 aliphatic rings. The second-order valence-corrected chi connectivity index (χ2v) is 4.19. The van der Waals surface area contributed by atoms with Gasteiger partial charge in [-0.2, -0.15) is 0 Å². The minimum atomic E-state index is -1.88. The Hall–Kier alpha value is -1.26. The zero-order valence-electron chi connectivity index (χ0n) is 8.44. The lowest BCUT2D eigenvalue weighted by Crippen LogP contribution is -2.35. The fourth-order valence-corrected chi connectivity index (χ4v) is 1.99. The predicted octanol–water partition coefficient (Wildman–Crippen LogP) is 1.78. The highest BCUT2D eigenvalue weighted by molar-refractivity contribution is 6.30. The largest absolute Gasteiger partial charge is 0.493 e. The zero-order valence-corrected chi connectivity index (χ0v) is 9.20. The molecule has 4 nitrogen and oxygen atoms in total. The first-order valence-electron chi connectivity index (χ1n) is 4.92. The molecule has 1 unspecified atom stereocenters. The van der Waals surface area contributed by atoms with Crippen molar-refractivity contribution in [1.29, 1.82) is 0 Å². The number of aliphatic hydroxyl groups is 1. The van der Waals surface area contributed by atoms with E-state index in [2.05, 4.69) is 0 Å². The van der Waals surface area contributed by atoms with Crippen LogP contribution in [0, 0.1) is 0 Å². The van der Waals surface area contributed by atoms with Gasteiger partial charge in [0.1, 0.15) is 5.75 Å². The van der Waals surface area contributed by atoms with Gasteiger partial charge in [-0.05, 0) is 25.0 Å². The summed E-state index contributed by atoms with van der Waals surface area (Å²) in [5.41, 5.74) is -1.61. The third kappa shape index (κ3) is 1.74. The van der Waals surface area contributed by atoms with E-state index in [4.69, 9.17) is 21.4 Å². The molecule has 16 heavy (non-hydrogen) atoms. The molecule has 1 aromatic carbocycles. The summed E-state index contributed by atoms with van der Waals surface area (Å²) in [7, 11) is 0. The van der Waals surface area contributed by atoms with Crippen molar-refractivity contribution in [2.24, 2.45) is 0 Å². The van der Waals surface area contributed by atoms with E-state index in [0.29, 0.717) is 23.8 Å². The maximum atomic E-state index is 11.1. The van der Waals surface area contributed by atoms with E-state index in [1.165, 1.54) is 12.1 Å². The van der Waals surface area contributed by atoms with Crippen LogP contribution in [0.3, 0.4) is 0 Å². The summed E-state index contributed by atoms with van der Waals surface area (Å²) >= 11 is 5.79. The van der Waals surface area contributed by atoms with Crippen molar-refractivity contribution in [3.05, 3.63) is 28.8 Å². The first-order valence-corrected chi connectivity index (χ1v) is 5.30. The summed E-state index contributed by atoms with van der Waals surface area (Å²) in [5, 5.41) is 19.7. The van der Waals surface area contributed by atoms with E-state index >= 15 is 0 Å². The summed E-state index contributed by atoms with van der Waals surface area (Å²) in [6.07, 6.45) is 0.617. The number of hydrogen-bond donors (Lipinski definition) is 2. The molecule has 2 rings (SSSR count). The maximum Gasteiger partial charge on any atom is 0.340 e. The topological polar surface area (TPSA) is 66.8 Å². The SMILES string of the molecule is O=C(O)C1(O)CCCOc2cc(Cl)ccc21. The molecule has 0 aliphatic carbocycles. The van der Waals surface area contributed by atoms with E-state index < -0.39 is 11.6 Å². The summed E-state index contributed by atoms with van der Waals surface area (Å²) < 4.78 is 5.37. The Bertz CT molecular complexity index is 432. The van der Waals surface area contributed by atoms with Crippen molar-refractivity contribution in [1.82, 2.24) is 0 Å².